The van der Waals surface area contributed by atoms with Crippen LogP contribution in [0.5, 0.6) is 0 Å². The molecule has 0 radical (unpaired) electrons. The Balaban J connectivity index is 1.22. The van der Waals surface area contributed by atoms with Gasteiger partial charge in [-0.3, -0.25) is 0 Å². The predicted octanol–water partition coefficient (Wildman–Crippen LogP) is 5.55. The molecule has 2 heterocycles. The summed E-state index contributed by atoms with van der Waals surface area (Å²) in [5, 5.41) is 4.41. The first-order chi connectivity index (χ1) is 13.2. The van der Waals surface area contributed by atoms with Crippen molar-refractivity contribution in [3.05, 3.63) is 64.4 Å². The van der Waals surface area contributed by atoms with E-state index >= 15 is 0 Å². The van der Waals surface area contributed by atoms with E-state index in [-0.39, 0.29) is 5.82 Å². The molecule has 1 fully saturated rings. The molecule has 4 rings (SSSR count). The molecule has 0 aliphatic carbocycles. The predicted molar refractivity (Wildman–Crippen MR) is 111 cm³/mol. The Morgan fingerprint density at radius 3 is 2.74 bits per heavy atom. The Bertz CT molecular complexity index is 771. The standard InChI is InChI=1S/C23H28ClFN2/c24-22-8-6-20(25)16-19(22)15-17-9-12-27(13-10-17)14-11-21-7-5-18-3-1-2-4-23(18)26-21/h1-4,6,8,16-17,21,26H,5,7,9-15H2. The molecule has 0 aromatic heterocycles. The molecule has 2 aliphatic heterocycles. The van der Waals surface area contributed by atoms with Crippen LogP contribution in [0.25, 0.3) is 0 Å². The highest BCUT2D eigenvalue weighted by atomic mass is 35.5. The lowest BCUT2D eigenvalue weighted by Crippen LogP contribution is -2.37. The van der Waals surface area contributed by atoms with Crippen molar-refractivity contribution in [2.75, 3.05) is 25.0 Å². The highest BCUT2D eigenvalue weighted by molar-refractivity contribution is 6.31. The first-order valence-corrected chi connectivity index (χ1v) is 10.6. The monoisotopic (exact) mass is 386 g/mol. The second kappa shape index (κ2) is 8.62. The molecule has 1 saturated heterocycles. The Hall–Kier alpha value is -1.58. The lowest BCUT2D eigenvalue weighted by atomic mass is 9.89. The van der Waals surface area contributed by atoms with Gasteiger partial charge in [-0.05, 0) is 92.9 Å². The van der Waals surface area contributed by atoms with E-state index < -0.39 is 0 Å². The third-order valence-corrected chi connectivity index (χ3v) is 6.53. The summed E-state index contributed by atoms with van der Waals surface area (Å²) in [4.78, 5) is 2.59. The summed E-state index contributed by atoms with van der Waals surface area (Å²) >= 11 is 6.23. The largest absolute Gasteiger partial charge is 0.382 e. The summed E-state index contributed by atoms with van der Waals surface area (Å²) < 4.78 is 13.5. The zero-order chi connectivity index (χ0) is 18.6. The number of fused-ring (bicyclic) bond motifs is 1. The number of para-hydroxylation sites is 1. The zero-order valence-electron chi connectivity index (χ0n) is 15.8. The molecule has 2 aromatic carbocycles. The van der Waals surface area contributed by atoms with Crippen molar-refractivity contribution < 1.29 is 4.39 Å². The van der Waals surface area contributed by atoms with Crippen LogP contribution in [-0.4, -0.2) is 30.6 Å². The smallest absolute Gasteiger partial charge is 0.123 e. The summed E-state index contributed by atoms with van der Waals surface area (Å²) in [6, 6.07) is 14.0. The van der Waals surface area contributed by atoms with Crippen LogP contribution >= 0.6 is 11.6 Å². The molecule has 27 heavy (non-hydrogen) atoms. The summed E-state index contributed by atoms with van der Waals surface area (Å²) in [6.45, 7) is 3.44. The van der Waals surface area contributed by atoms with Crippen LogP contribution < -0.4 is 5.32 Å². The maximum atomic E-state index is 13.5. The van der Waals surface area contributed by atoms with Crippen LogP contribution in [0.4, 0.5) is 10.1 Å². The van der Waals surface area contributed by atoms with Crippen molar-refractivity contribution >= 4 is 17.3 Å². The van der Waals surface area contributed by atoms with E-state index in [1.54, 1.807) is 12.1 Å². The van der Waals surface area contributed by atoms with Crippen molar-refractivity contribution in [3.63, 3.8) is 0 Å². The topological polar surface area (TPSA) is 15.3 Å². The summed E-state index contributed by atoms with van der Waals surface area (Å²) in [7, 11) is 0. The lowest BCUT2D eigenvalue weighted by molar-refractivity contribution is 0.179. The van der Waals surface area contributed by atoms with Gasteiger partial charge in [-0.15, -0.1) is 0 Å². The average Bonchev–Trinajstić information content (AvgIpc) is 2.70. The van der Waals surface area contributed by atoms with Gasteiger partial charge in [-0.25, -0.2) is 4.39 Å². The molecule has 144 valence electrons. The number of nitrogens with one attached hydrogen (secondary N) is 1. The van der Waals surface area contributed by atoms with Crippen LogP contribution in [0.1, 0.15) is 36.8 Å². The van der Waals surface area contributed by atoms with Crippen molar-refractivity contribution in [3.8, 4) is 0 Å². The van der Waals surface area contributed by atoms with E-state index in [1.165, 1.54) is 49.4 Å². The molecule has 1 atom stereocenters. The summed E-state index contributed by atoms with van der Waals surface area (Å²) in [5.74, 6) is 0.425. The number of anilines is 1. The van der Waals surface area contributed by atoms with Crippen LogP contribution in [0.2, 0.25) is 5.02 Å². The molecule has 2 aromatic rings. The van der Waals surface area contributed by atoms with Gasteiger partial charge in [0.15, 0.2) is 0 Å². The molecule has 0 bridgehead atoms. The maximum Gasteiger partial charge on any atom is 0.123 e. The molecule has 2 nitrogen and oxygen atoms in total. The van der Waals surface area contributed by atoms with Crippen molar-refractivity contribution in [2.24, 2.45) is 5.92 Å². The van der Waals surface area contributed by atoms with Gasteiger partial charge < -0.3 is 10.2 Å². The zero-order valence-corrected chi connectivity index (χ0v) is 16.5. The van der Waals surface area contributed by atoms with Gasteiger partial charge in [0.25, 0.3) is 0 Å². The van der Waals surface area contributed by atoms with Crippen LogP contribution in [0.3, 0.4) is 0 Å². The number of aryl methyl sites for hydroxylation is 1. The van der Waals surface area contributed by atoms with Gasteiger partial charge >= 0.3 is 0 Å². The number of piperidine rings is 1. The van der Waals surface area contributed by atoms with E-state index in [0.717, 1.165) is 31.6 Å². The molecule has 1 N–H and O–H groups in total. The number of likely N-dealkylation sites (tertiary alicyclic amines) is 1. The fourth-order valence-corrected chi connectivity index (χ4v) is 4.68. The Morgan fingerprint density at radius 2 is 1.89 bits per heavy atom. The second-order valence-electron chi connectivity index (χ2n) is 8.05. The summed E-state index contributed by atoms with van der Waals surface area (Å²) in [5.41, 5.74) is 3.73. The quantitative estimate of drug-likeness (QED) is 0.724. The maximum absolute atomic E-state index is 13.5. The SMILES string of the molecule is Fc1ccc(Cl)c(CC2CCN(CCC3CCc4ccccc4N3)CC2)c1. The molecule has 1 unspecified atom stereocenters. The summed E-state index contributed by atoms with van der Waals surface area (Å²) in [6.07, 6.45) is 6.86. The van der Waals surface area contributed by atoms with E-state index in [4.69, 9.17) is 11.6 Å². The Kier molecular flexibility index (Phi) is 5.99. The number of hydrogen-bond donors (Lipinski definition) is 1. The van der Waals surface area contributed by atoms with Gasteiger partial charge in [0.2, 0.25) is 0 Å². The molecular formula is C23H28ClFN2. The third-order valence-electron chi connectivity index (χ3n) is 6.16. The Labute approximate surface area is 166 Å². The number of halogens is 2. The minimum atomic E-state index is -0.187. The van der Waals surface area contributed by atoms with Crippen LogP contribution in [0.15, 0.2) is 42.5 Å². The Morgan fingerprint density at radius 1 is 1.07 bits per heavy atom. The minimum absolute atomic E-state index is 0.187. The van der Waals surface area contributed by atoms with Gasteiger partial charge in [0.1, 0.15) is 5.82 Å². The molecule has 4 heteroatoms. The third kappa shape index (κ3) is 4.83. The first-order valence-electron chi connectivity index (χ1n) is 10.2. The number of rotatable bonds is 5. The molecule has 0 saturated carbocycles. The van der Waals surface area contributed by atoms with Gasteiger partial charge in [0, 0.05) is 23.3 Å². The average molecular weight is 387 g/mol. The minimum Gasteiger partial charge on any atom is -0.382 e. The first kappa shape index (κ1) is 18.8. The van der Waals surface area contributed by atoms with Crippen molar-refractivity contribution in [1.82, 2.24) is 4.90 Å². The van der Waals surface area contributed by atoms with Crippen LogP contribution in [-0.2, 0) is 12.8 Å². The number of nitrogens with zero attached hydrogens (tertiary/aromatic N) is 1. The van der Waals surface area contributed by atoms with Gasteiger partial charge in [0.05, 0.1) is 0 Å². The molecule has 0 spiro atoms. The van der Waals surface area contributed by atoms with Crippen molar-refractivity contribution in [2.45, 2.75) is 44.6 Å². The van der Waals surface area contributed by atoms with Gasteiger partial charge in [-0.1, -0.05) is 29.8 Å². The van der Waals surface area contributed by atoms with E-state index in [2.05, 4.69) is 34.5 Å². The fourth-order valence-electron chi connectivity index (χ4n) is 4.48. The molecular weight excluding hydrogens is 359 g/mol. The van der Waals surface area contributed by atoms with E-state index in [1.807, 2.05) is 0 Å². The van der Waals surface area contributed by atoms with Crippen molar-refractivity contribution in [1.29, 1.82) is 0 Å². The van der Waals surface area contributed by atoms with Crippen LogP contribution in [0, 0.1) is 11.7 Å². The number of hydrogen-bond acceptors (Lipinski definition) is 2. The van der Waals surface area contributed by atoms with Gasteiger partial charge in [-0.2, -0.15) is 0 Å². The highest BCUT2D eigenvalue weighted by Gasteiger charge is 2.22. The fraction of sp³-hybridized carbons (Fsp3) is 0.478. The number of benzene rings is 2. The lowest BCUT2D eigenvalue weighted by Gasteiger charge is -2.34. The van der Waals surface area contributed by atoms with E-state index in [0.29, 0.717) is 17.0 Å². The normalized spacial score (nSPS) is 20.9. The van der Waals surface area contributed by atoms with E-state index in [9.17, 15) is 4.39 Å². The second-order valence-corrected chi connectivity index (χ2v) is 8.46. The highest BCUT2D eigenvalue weighted by Crippen LogP contribution is 2.28. The molecule has 2 aliphatic rings. The molecule has 0 amide bonds.